The second-order valence-electron chi connectivity index (χ2n) is 6.93. The Hall–Kier alpha value is -3.15. The van der Waals surface area contributed by atoms with E-state index in [1.54, 1.807) is 24.3 Å². The summed E-state index contributed by atoms with van der Waals surface area (Å²) in [7, 11) is 0. The fourth-order valence-electron chi connectivity index (χ4n) is 3.44. The molecule has 1 aliphatic heterocycles. The fraction of sp³-hybridized carbons (Fsp3) is 0.318. The van der Waals surface area contributed by atoms with Crippen LogP contribution < -0.4 is 5.32 Å². The van der Waals surface area contributed by atoms with Crippen LogP contribution in [0.4, 0.5) is 0 Å². The van der Waals surface area contributed by atoms with Crippen molar-refractivity contribution < 1.29 is 19.5 Å². The van der Waals surface area contributed by atoms with Gasteiger partial charge in [-0.3, -0.25) is 9.59 Å². The molecule has 2 N–H and O–H groups in total. The van der Waals surface area contributed by atoms with Crippen LogP contribution in [0.2, 0.25) is 0 Å². The minimum Gasteiger partial charge on any atom is -0.478 e. The summed E-state index contributed by atoms with van der Waals surface area (Å²) in [4.78, 5) is 37.2. The second kappa shape index (κ2) is 9.17. The van der Waals surface area contributed by atoms with Crippen LogP contribution in [0.5, 0.6) is 0 Å². The summed E-state index contributed by atoms with van der Waals surface area (Å²) in [5.74, 6) is -0.940. The Morgan fingerprint density at radius 2 is 1.68 bits per heavy atom. The maximum atomic E-state index is 12.3. The molecule has 2 aromatic rings. The lowest BCUT2D eigenvalue weighted by molar-refractivity contribution is -0.128. The van der Waals surface area contributed by atoms with Crippen LogP contribution in [-0.4, -0.2) is 34.3 Å². The van der Waals surface area contributed by atoms with Crippen LogP contribution in [0.15, 0.2) is 48.5 Å². The number of hydrogen-bond acceptors (Lipinski definition) is 3. The molecule has 6 heteroatoms. The van der Waals surface area contributed by atoms with Crippen LogP contribution in [0.3, 0.4) is 0 Å². The molecule has 1 heterocycles. The van der Waals surface area contributed by atoms with E-state index in [1.165, 1.54) is 0 Å². The molecule has 0 spiro atoms. The number of carbonyl (C=O) groups excluding carboxylic acids is 2. The Kier molecular flexibility index (Phi) is 6.42. The topological polar surface area (TPSA) is 86.7 Å². The average molecular weight is 380 g/mol. The van der Waals surface area contributed by atoms with E-state index in [4.69, 9.17) is 0 Å². The molecular weight excluding hydrogens is 356 g/mol. The molecule has 2 amide bonds. The van der Waals surface area contributed by atoms with Gasteiger partial charge in [0.15, 0.2) is 0 Å². The fourth-order valence-corrected chi connectivity index (χ4v) is 3.44. The molecule has 0 bridgehead atoms. The maximum Gasteiger partial charge on any atom is 0.335 e. The normalized spacial score (nSPS) is 13.6. The summed E-state index contributed by atoms with van der Waals surface area (Å²) >= 11 is 0. The summed E-state index contributed by atoms with van der Waals surface area (Å²) in [5, 5.41) is 12.1. The van der Waals surface area contributed by atoms with E-state index in [-0.39, 0.29) is 23.8 Å². The number of benzene rings is 2. The molecule has 6 nitrogen and oxygen atoms in total. The zero-order valence-corrected chi connectivity index (χ0v) is 15.7. The van der Waals surface area contributed by atoms with Crippen molar-refractivity contribution >= 4 is 17.8 Å². The number of aromatic carboxylic acids is 1. The van der Waals surface area contributed by atoms with E-state index in [2.05, 4.69) is 5.32 Å². The van der Waals surface area contributed by atoms with Crippen molar-refractivity contribution in [3.8, 4) is 0 Å². The molecule has 1 aliphatic rings. The van der Waals surface area contributed by atoms with Crippen LogP contribution >= 0.6 is 0 Å². The van der Waals surface area contributed by atoms with Gasteiger partial charge in [-0.2, -0.15) is 0 Å². The first kappa shape index (κ1) is 19.6. The third-order valence-corrected chi connectivity index (χ3v) is 5.00. The highest BCUT2D eigenvalue weighted by atomic mass is 16.4. The smallest absolute Gasteiger partial charge is 0.335 e. The molecule has 28 heavy (non-hydrogen) atoms. The Bertz CT molecular complexity index is 878. The van der Waals surface area contributed by atoms with E-state index in [1.807, 2.05) is 29.2 Å². The highest BCUT2D eigenvalue weighted by molar-refractivity contribution is 5.89. The molecule has 0 radical (unpaired) electrons. The van der Waals surface area contributed by atoms with Crippen molar-refractivity contribution in [2.45, 2.75) is 38.8 Å². The van der Waals surface area contributed by atoms with Crippen LogP contribution in [-0.2, 0) is 29.1 Å². The highest BCUT2D eigenvalue weighted by Crippen LogP contribution is 2.17. The summed E-state index contributed by atoms with van der Waals surface area (Å²) in [6, 6.07) is 14.5. The lowest BCUT2D eigenvalue weighted by atomic mass is 10.0. The lowest BCUT2D eigenvalue weighted by Crippen LogP contribution is -2.27. The molecule has 0 atom stereocenters. The van der Waals surface area contributed by atoms with Crippen LogP contribution in [0.25, 0.3) is 0 Å². The van der Waals surface area contributed by atoms with Gasteiger partial charge in [0, 0.05) is 32.5 Å². The molecule has 1 saturated heterocycles. The first-order valence-corrected chi connectivity index (χ1v) is 9.47. The van der Waals surface area contributed by atoms with Crippen molar-refractivity contribution in [2.24, 2.45) is 0 Å². The zero-order chi connectivity index (χ0) is 19.9. The zero-order valence-electron chi connectivity index (χ0n) is 15.7. The molecule has 1 fully saturated rings. The van der Waals surface area contributed by atoms with Gasteiger partial charge in [-0.25, -0.2) is 4.79 Å². The maximum absolute atomic E-state index is 12.3. The van der Waals surface area contributed by atoms with Gasteiger partial charge in [0.05, 0.1) is 5.56 Å². The monoisotopic (exact) mass is 380 g/mol. The highest BCUT2D eigenvalue weighted by Gasteiger charge is 2.21. The van der Waals surface area contributed by atoms with Crippen LogP contribution in [0.1, 0.15) is 46.3 Å². The Labute approximate surface area is 164 Å². The van der Waals surface area contributed by atoms with Crippen molar-refractivity contribution in [1.82, 2.24) is 10.2 Å². The third-order valence-electron chi connectivity index (χ3n) is 5.00. The number of hydrogen-bond donors (Lipinski definition) is 2. The molecule has 0 unspecified atom stereocenters. The second-order valence-corrected chi connectivity index (χ2v) is 6.93. The van der Waals surface area contributed by atoms with Crippen molar-refractivity contribution in [3.63, 3.8) is 0 Å². The molecule has 2 aromatic carbocycles. The van der Waals surface area contributed by atoms with Gasteiger partial charge in [0.25, 0.3) is 0 Å². The largest absolute Gasteiger partial charge is 0.478 e. The molecule has 3 rings (SSSR count). The number of nitrogens with one attached hydrogen (secondary N) is 1. The number of likely N-dealkylation sites (tertiary alicyclic amines) is 1. The summed E-state index contributed by atoms with van der Waals surface area (Å²) < 4.78 is 0. The predicted molar refractivity (Wildman–Crippen MR) is 105 cm³/mol. The summed E-state index contributed by atoms with van der Waals surface area (Å²) in [6.45, 7) is 1.73. The number of rotatable bonds is 8. The lowest BCUT2D eigenvalue weighted by Gasteiger charge is -2.18. The standard InChI is InChI=1S/C22H24N2O4/c25-20(12-11-16-6-3-4-9-19(16)22(27)28)23-14-17-7-1-2-8-18(17)15-24-13-5-10-21(24)26/h1-4,6-9H,5,10-15H2,(H,23,25)(H,27,28). The van der Waals surface area contributed by atoms with Gasteiger partial charge in [-0.1, -0.05) is 42.5 Å². The van der Waals surface area contributed by atoms with Crippen molar-refractivity contribution in [1.29, 1.82) is 0 Å². The number of carbonyl (C=O) groups is 3. The van der Waals surface area contributed by atoms with E-state index < -0.39 is 5.97 Å². The van der Waals surface area contributed by atoms with Gasteiger partial charge < -0.3 is 15.3 Å². The minimum atomic E-state index is -0.985. The van der Waals surface area contributed by atoms with Crippen LogP contribution in [0, 0.1) is 0 Å². The Morgan fingerprint density at radius 3 is 2.36 bits per heavy atom. The third kappa shape index (κ3) is 4.97. The molecule has 0 aliphatic carbocycles. The molecule has 0 aromatic heterocycles. The quantitative estimate of drug-likeness (QED) is 0.737. The van der Waals surface area contributed by atoms with E-state index in [0.717, 1.165) is 24.1 Å². The molecular formula is C22H24N2O4. The van der Waals surface area contributed by atoms with Gasteiger partial charge in [-0.15, -0.1) is 0 Å². The van der Waals surface area contributed by atoms with E-state index >= 15 is 0 Å². The van der Waals surface area contributed by atoms with Gasteiger partial charge in [-0.05, 0) is 35.6 Å². The number of carboxylic acid groups (broad SMARTS) is 1. The Morgan fingerprint density at radius 1 is 1.00 bits per heavy atom. The predicted octanol–water partition coefficient (Wildman–Crippen LogP) is 2.76. The summed E-state index contributed by atoms with van der Waals surface area (Å²) in [5.41, 5.74) is 2.91. The van der Waals surface area contributed by atoms with Crippen molar-refractivity contribution in [3.05, 3.63) is 70.8 Å². The van der Waals surface area contributed by atoms with Gasteiger partial charge in [0.2, 0.25) is 11.8 Å². The SMILES string of the molecule is O=C(CCc1ccccc1C(=O)O)NCc1ccccc1CN1CCCC1=O. The molecule has 0 saturated carbocycles. The van der Waals surface area contributed by atoms with Gasteiger partial charge >= 0.3 is 5.97 Å². The number of amides is 2. The van der Waals surface area contributed by atoms with E-state index in [0.29, 0.717) is 31.5 Å². The van der Waals surface area contributed by atoms with Crippen molar-refractivity contribution in [2.75, 3.05) is 6.54 Å². The average Bonchev–Trinajstić information content (AvgIpc) is 3.10. The molecule has 146 valence electrons. The first-order chi connectivity index (χ1) is 13.5. The minimum absolute atomic E-state index is 0.132. The Balaban J connectivity index is 1.55. The number of carboxylic acids is 1. The number of aryl methyl sites for hydroxylation is 1. The van der Waals surface area contributed by atoms with Gasteiger partial charge in [0.1, 0.15) is 0 Å². The summed E-state index contributed by atoms with van der Waals surface area (Å²) in [6.07, 6.45) is 2.10. The first-order valence-electron chi connectivity index (χ1n) is 9.47. The number of nitrogens with zero attached hydrogens (tertiary/aromatic N) is 1. The van der Waals surface area contributed by atoms with E-state index in [9.17, 15) is 19.5 Å².